The summed E-state index contributed by atoms with van der Waals surface area (Å²) in [5.41, 5.74) is 1.55. The number of nitrogens with zero attached hydrogens (tertiary/aromatic N) is 1. The number of benzene rings is 1. The molecule has 2 aromatic rings. The molecule has 1 aromatic heterocycles. The van der Waals surface area contributed by atoms with Crippen molar-refractivity contribution in [2.24, 2.45) is 0 Å². The molecule has 1 N–H and O–H groups in total. The van der Waals surface area contributed by atoms with Gasteiger partial charge in [0.25, 0.3) is 0 Å². The summed E-state index contributed by atoms with van der Waals surface area (Å²) in [6.07, 6.45) is 1.77. The predicted molar refractivity (Wildman–Crippen MR) is 79.4 cm³/mol. The molecule has 0 unspecified atom stereocenters. The van der Waals surface area contributed by atoms with Crippen LogP contribution in [0.4, 0.5) is 8.78 Å². The molecule has 0 spiro atoms. The SMILES string of the molecule is COc1ccc(CNC(=O)Cc2ccc(OC(F)F)cc2)cn1. The Labute approximate surface area is 132 Å². The average molecular weight is 322 g/mol. The van der Waals surface area contributed by atoms with E-state index in [1.807, 2.05) is 6.07 Å². The van der Waals surface area contributed by atoms with Crippen LogP contribution in [0.2, 0.25) is 0 Å². The topological polar surface area (TPSA) is 60.5 Å². The van der Waals surface area contributed by atoms with Gasteiger partial charge in [-0.2, -0.15) is 8.78 Å². The van der Waals surface area contributed by atoms with Gasteiger partial charge in [-0.25, -0.2) is 4.98 Å². The number of carbonyl (C=O) groups excluding carboxylic acids is 1. The number of methoxy groups -OCH3 is 1. The van der Waals surface area contributed by atoms with Crippen LogP contribution in [0.3, 0.4) is 0 Å². The first kappa shape index (κ1) is 16.7. The van der Waals surface area contributed by atoms with E-state index < -0.39 is 6.61 Å². The van der Waals surface area contributed by atoms with Crippen LogP contribution in [0, 0.1) is 0 Å². The van der Waals surface area contributed by atoms with Crippen molar-refractivity contribution in [3.63, 3.8) is 0 Å². The maximum atomic E-state index is 12.0. The number of pyridine rings is 1. The molecule has 0 saturated carbocycles. The van der Waals surface area contributed by atoms with E-state index in [4.69, 9.17) is 4.74 Å². The van der Waals surface area contributed by atoms with Crippen LogP contribution in [0.15, 0.2) is 42.6 Å². The summed E-state index contributed by atoms with van der Waals surface area (Å²) in [5.74, 6) is 0.392. The van der Waals surface area contributed by atoms with Crippen LogP contribution >= 0.6 is 0 Å². The van der Waals surface area contributed by atoms with Crippen LogP contribution in [0.1, 0.15) is 11.1 Å². The molecule has 2 rings (SSSR count). The number of alkyl halides is 2. The number of aromatic nitrogens is 1. The highest BCUT2D eigenvalue weighted by Crippen LogP contribution is 2.15. The van der Waals surface area contributed by atoms with Crippen molar-refractivity contribution in [1.82, 2.24) is 10.3 Å². The maximum Gasteiger partial charge on any atom is 0.387 e. The van der Waals surface area contributed by atoms with Gasteiger partial charge in [0.2, 0.25) is 11.8 Å². The summed E-state index contributed by atoms with van der Waals surface area (Å²) in [4.78, 5) is 15.9. The first-order chi connectivity index (χ1) is 11.1. The standard InChI is InChI=1S/C16H16F2N2O3/c1-22-15-7-4-12(10-20-15)9-19-14(21)8-11-2-5-13(6-3-11)23-16(17)18/h2-7,10,16H,8-9H2,1H3,(H,19,21). The predicted octanol–water partition coefficient (Wildman–Crippen LogP) is 2.55. The van der Waals surface area contributed by atoms with Crippen LogP contribution in [0.25, 0.3) is 0 Å². The number of hydrogen-bond donors (Lipinski definition) is 1. The minimum atomic E-state index is -2.86. The minimum Gasteiger partial charge on any atom is -0.481 e. The first-order valence-corrected chi connectivity index (χ1v) is 6.86. The van der Waals surface area contributed by atoms with Gasteiger partial charge in [-0.15, -0.1) is 0 Å². The summed E-state index contributed by atoms with van der Waals surface area (Å²) < 4.78 is 33.3. The van der Waals surface area contributed by atoms with E-state index in [0.29, 0.717) is 18.0 Å². The summed E-state index contributed by atoms with van der Waals surface area (Å²) in [5, 5.41) is 2.76. The molecule has 1 heterocycles. The van der Waals surface area contributed by atoms with Crippen molar-refractivity contribution in [3.05, 3.63) is 53.7 Å². The Hall–Kier alpha value is -2.70. The van der Waals surface area contributed by atoms with Crippen molar-refractivity contribution < 1.29 is 23.0 Å². The highest BCUT2D eigenvalue weighted by atomic mass is 19.3. The zero-order valence-electron chi connectivity index (χ0n) is 12.5. The Morgan fingerprint density at radius 1 is 1.17 bits per heavy atom. The van der Waals surface area contributed by atoms with Crippen molar-refractivity contribution in [3.8, 4) is 11.6 Å². The third-order valence-electron chi connectivity index (χ3n) is 3.01. The van der Waals surface area contributed by atoms with E-state index in [1.54, 1.807) is 24.4 Å². The first-order valence-electron chi connectivity index (χ1n) is 6.86. The number of rotatable bonds is 7. The number of nitrogens with one attached hydrogen (secondary N) is 1. The van der Waals surface area contributed by atoms with Gasteiger partial charge in [0, 0.05) is 18.8 Å². The minimum absolute atomic E-state index is 0.0634. The smallest absolute Gasteiger partial charge is 0.387 e. The molecule has 7 heteroatoms. The summed E-state index contributed by atoms with van der Waals surface area (Å²) >= 11 is 0. The quantitative estimate of drug-likeness (QED) is 0.851. The molecule has 0 aliphatic heterocycles. The van der Waals surface area contributed by atoms with Crippen LogP contribution in [-0.2, 0) is 17.8 Å². The Kier molecular flexibility index (Phi) is 5.85. The van der Waals surface area contributed by atoms with E-state index in [1.165, 1.54) is 19.2 Å². The molecular weight excluding hydrogens is 306 g/mol. The Balaban J connectivity index is 1.81. The molecule has 1 amide bonds. The van der Waals surface area contributed by atoms with Crippen molar-refractivity contribution >= 4 is 5.91 Å². The lowest BCUT2D eigenvalue weighted by molar-refractivity contribution is -0.120. The van der Waals surface area contributed by atoms with E-state index in [9.17, 15) is 13.6 Å². The van der Waals surface area contributed by atoms with E-state index in [-0.39, 0.29) is 18.1 Å². The fourth-order valence-corrected chi connectivity index (χ4v) is 1.87. The molecule has 0 saturated heterocycles. The molecule has 0 aliphatic rings. The molecular formula is C16H16F2N2O3. The van der Waals surface area contributed by atoms with Crippen molar-refractivity contribution in [1.29, 1.82) is 0 Å². The van der Waals surface area contributed by atoms with Gasteiger partial charge < -0.3 is 14.8 Å². The lowest BCUT2D eigenvalue weighted by atomic mass is 10.1. The van der Waals surface area contributed by atoms with E-state index in [2.05, 4.69) is 15.0 Å². The summed E-state index contributed by atoms with van der Waals surface area (Å²) in [6.45, 7) is -2.51. The normalized spacial score (nSPS) is 10.4. The zero-order valence-corrected chi connectivity index (χ0v) is 12.5. The van der Waals surface area contributed by atoms with Gasteiger partial charge in [0.1, 0.15) is 5.75 Å². The van der Waals surface area contributed by atoms with Crippen molar-refractivity contribution in [2.45, 2.75) is 19.6 Å². The number of amides is 1. The molecule has 0 fully saturated rings. The lowest BCUT2D eigenvalue weighted by Gasteiger charge is -2.07. The number of carbonyl (C=O) groups is 1. The monoisotopic (exact) mass is 322 g/mol. The average Bonchev–Trinajstić information content (AvgIpc) is 2.55. The van der Waals surface area contributed by atoms with Crippen LogP contribution < -0.4 is 14.8 Å². The molecule has 1 aromatic carbocycles. The maximum absolute atomic E-state index is 12.0. The fourth-order valence-electron chi connectivity index (χ4n) is 1.87. The van der Waals surface area contributed by atoms with Gasteiger partial charge in [-0.1, -0.05) is 18.2 Å². The molecule has 0 bridgehead atoms. The number of ether oxygens (including phenoxy) is 2. The highest BCUT2D eigenvalue weighted by Gasteiger charge is 2.06. The van der Waals surface area contributed by atoms with E-state index in [0.717, 1.165) is 5.56 Å². The summed E-state index contributed by atoms with van der Waals surface area (Å²) in [7, 11) is 1.53. The third-order valence-corrected chi connectivity index (χ3v) is 3.01. The number of halogens is 2. The molecule has 0 aliphatic carbocycles. The molecule has 0 radical (unpaired) electrons. The molecule has 0 atom stereocenters. The van der Waals surface area contributed by atoms with Gasteiger partial charge >= 0.3 is 6.61 Å². The van der Waals surface area contributed by atoms with E-state index >= 15 is 0 Å². The van der Waals surface area contributed by atoms with Crippen LogP contribution in [0.5, 0.6) is 11.6 Å². The molecule has 5 nitrogen and oxygen atoms in total. The second kappa shape index (κ2) is 8.07. The van der Waals surface area contributed by atoms with Gasteiger partial charge in [0.05, 0.1) is 13.5 Å². The second-order valence-electron chi connectivity index (χ2n) is 4.68. The Bertz CT molecular complexity index is 631. The Morgan fingerprint density at radius 2 is 1.87 bits per heavy atom. The summed E-state index contributed by atoms with van der Waals surface area (Å²) in [6, 6.07) is 9.48. The zero-order chi connectivity index (χ0) is 16.7. The molecule has 23 heavy (non-hydrogen) atoms. The fraction of sp³-hybridized carbons (Fsp3) is 0.250. The molecule has 122 valence electrons. The highest BCUT2D eigenvalue weighted by molar-refractivity contribution is 5.78. The van der Waals surface area contributed by atoms with Crippen molar-refractivity contribution in [2.75, 3.05) is 7.11 Å². The number of hydrogen-bond acceptors (Lipinski definition) is 4. The lowest BCUT2D eigenvalue weighted by Crippen LogP contribution is -2.24. The van der Waals surface area contributed by atoms with Gasteiger partial charge in [-0.05, 0) is 23.3 Å². The van der Waals surface area contributed by atoms with Gasteiger partial charge in [-0.3, -0.25) is 4.79 Å². The Morgan fingerprint density at radius 3 is 2.43 bits per heavy atom. The largest absolute Gasteiger partial charge is 0.481 e. The van der Waals surface area contributed by atoms with Crippen LogP contribution in [-0.4, -0.2) is 24.6 Å². The third kappa shape index (κ3) is 5.54. The second-order valence-corrected chi connectivity index (χ2v) is 4.68. The van der Waals surface area contributed by atoms with Gasteiger partial charge in [0.15, 0.2) is 0 Å².